The van der Waals surface area contributed by atoms with Gasteiger partial charge in [0.05, 0.1) is 0 Å². The Morgan fingerprint density at radius 1 is 0.481 bits per heavy atom. The molecule has 0 fully saturated rings. The molecule has 0 unspecified atom stereocenters. The van der Waals surface area contributed by atoms with Crippen molar-refractivity contribution in [2.45, 2.75) is 20.8 Å². The first-order valence-corrected chi connectivity index (χ1v) is 16.0. The Balaban J connectivity index is 1.95. The van der Waals surface area contributed by atoms with Crippen molar-refractivity contribution in [3.8, 4) is 17.2 Å². The molecule has 0 saturated carbocycles. The second kappa shape index (κ2) is 7.75. The fourth-order valence-corrected chi connectivity index (χ4v) is 8.17. The molecular formula is C21H21Cl2MoO3. The Bertz CT molecular complexity index is 785. The number of rotatable bonds is 6. The molecule has 0 saturated heterocycles. The molecule has 0 aliphatic carbocycles. The summed E-state index contributed by atoms with van der Waals surface area (Å²) in [5.41, 5.74) is 3.29. The molecule has 0 radical (unpaired) electrons. The molecule has 0 atom stereocenters. The molecule has 0 heterocycles. The summed E-state index contributed by atoms with van der Waals surface area (Å²) in [7, 11) is 13.6. The van der Waals surface area contributed by atoms with E-state index >= 15 is 0 Å². The van der Waals surface area contributed by atoms with Crippen LogP contribution in [0.3, 0.4) is 0 Å². The Morgan fingerprint density at radius 2 is 0.704 bits per heavy atom. The Hall–Kier alpha value is -1.67. The molecule has 6 heteroatoms. The van der Waals surface area contributed by atoms with E-state index in [1.54, 1.807) is 36.4 Å². The normalized spacial score (nSPS) is 12.7. The van der Waals surface area contributed by atoms with Crippen molar-refractivity contribution < 1.29 is 24.0 Å². The topological polar surface area (TPSA) is 27.7 Å². The van der Waals surface area contributed by atoms with Crippen LogP contribution in [0, 0.1) is 20.8 Å². The van der Waals surface area contributed by atoms with Gasteiger partial charge in [0.1, 0.15) is 0 Å². The van der Waals surface area contributed by atoms with E-state index in [0.29, 0.717) is 17.2 Å². The van der Waals surface area contributed by atoms with E-state index < -0.39 is 13.9 Å². The number of aryl methyl sites for hydroxylation is 3. The Kier molecular flexibility index (Phi) is 5.76. The number of halogens is 2. The molecule has 0 amide bonds. The van der Waals surface area contributed by atoms with Gasteiger partial charge in [-0.3, -0.25) is 0 Å². The third kappa shape index (κ3) is 5.65. The molecule has 143 valence electrons. The number of benzene rings is 3. The number of hydrogen-bond donors (Lipinski definition) is 0. The molecule has 0 spiro atoms. The molecule has 0 N–H and O–H groups in total. The van der Waals surface area contributed by atoms with E-state index in [9.17, 15) is 0 Å². The SMILES string of the molecule is Cc1ccc([O][Mo]([Cl])([Cl])([O]c2ccc(C)cc2)[O]c2ccc(C)cc2)cc1. The van der Waals surface area contributed by atoms with Crippen molar-refractivity contribution in [2.75, 3.05) is 0 Å². The summed E-state index contributed by atoms with van der Waals surface area (Å²) in [4.78, 5) is 0. The van der Waals surface area contributed by atoms with Gasteiger partial charge in [-0.15, -0.1) is 0 Å². The van der Waals surface area contributed by atoms with Crippen molar-refractivity contribution >= 4 is 18.8 Å². The van der Waals surface area contributed by atoms with Gasteiger partial charge in [-0.05, 0) is 0 Å². The van der Waals surface area contributed by atoms with Crippen molar-refractivity contribution in [3.63, 3.8) is 0 Å². The summed E-state index contributed by atoms with van der Waals surface area (Å²) in [6.07, 6.45) is 0. The molecule has 0 aliphatic heterocycles. The van der Waals surface area contributed by atoms with Crippen LogP contribution in [0.2, 0.25) is 0 Å². The van der Waals surface area contributed by atoms with Crippen LogP contribution in [-0.4, -0.2) is 0 Å². The summed E-state index contributed by atoms with van der Waals surface area (Å²) in [6.45, 7) is 5.96. The summed E-state index contributed by atoms with van der Waals surface area (Å²) < 4.78 is 18.0. The predicted molar refractivity (Wildman–Crippen MR) is 107 cm³/mol. The van der Waals surface area contributed by atoms with E-state index in [2.05, 4.69) is 0 Å². The van der Waals surface area contributed by atoms with Crippen LogP contribution >= 0.6 is 18.8 Å². The Morgan fingerprint density at radius 3 is 0.926 bits per heavy atom. The van der Waals surface area contributed by atoms with Gasteiger partial charge >= 0.3 is 170 Å². The minimum atomic E-state index is -5.42. The van der Waals surface area contributed by atoms with Gasteiger partial charge in [-0.2, -0.15) is 0 Å². The Labute approximate surface area is 169 Å². The fraction of sp³-hybridized carbons (Fsp3) is 0.143. The second-order valence-electron chi connectivity index (χ2n) is 6.33. The minimum absolute atomic E-state index is 0.489. The quantitative estimate of drug-likeness (QED) is 0.354. The zero-order valence-electron chi connectivity index (χ0n) is 15.3. The zero-order valence-corrected chi connectivity index (χ0v) is 18.8. The molecule has 3 nitrogen and oxygen atoms in total. The molecule has 0 bridgehead atoms. The van der Waals surface area contributed by atoms with Crippen molar-refractivity contribution in [2.24, 2.45) is 0 Å². The standard InChI is InChI=1S/3C7H8O.2ClH.Mo/c3*1-6-2-4-7(8)5-3-6;;;/h3*2-5,8H,1H3;2*1H;/q;;;;;+5/p-5. The average molecular weight is 488 g/mol. The van der Waals surface area contributed by atoms with Gasteiger partial charge in [0.15, 0.2) is 0 Å². The summed E-state index contributed by atoms with van der Waals surface area (Å²) in [5.74, 6) is 1.47. The first kappa shape index (κ1) is 20.1. The van der Waals surface area contributed by atoms with Gasteiger partial charge in [0, 0.05) is 0 Å². The second-order valence-corrected chi connectivity index (χ2v) is 17.9. The van der Waals surface area contributed by atoms with Gasteiger partial charge in [-0.1, -0.05) is 0 Å². The van der Waals surface area contributed by atoms with Crippen molar-refractivity contribution in [1.82, 2.24) is 0 Å². The van der Waals surface area contributed by atoms with Crippen LogP contribution < -0.4 is 10.2 Å². The van der Waals surface area contributed by atoms with Crippen LogP contribution in [0.25, 0.3) is 0 Å². The summed E-state index contributed by atoms with van der Waals surface area (Å²) in [6, 6.07) is 22.2. The molecule has 0 aromatic heterocycles. The maximum absolute atomic E-state index is 6.81. The predicted octanol–water partition coefficient (Wildman–Crippen LogP) is 6.89. The summed E-state index contributed by atoms with van der Waals surface area (Å²) >= 11 is -5.42. The van der Waals surface area contributed by atoms with Gasteiger partial charge in [0.2, 0.25) is 0 Å². The molecule has 0 aliphatic rings. The first-order valence-electron chi connectivity index (χ1n) is 8.39. The van der Waals surface area contributed by atoms with Gasteiger partial charge in [-0.25, -0.2) is 0 Å². The molecule has 3 rings (SSSR count). The maximum atomic E-state index is 6.81. The number of hydrogen-bond acceptors (Lipinski definition) is 3. The van der Waals surface area contributed by atoms with E-state index in [0.717, 1.165) is 16.7 Å². The van der Waals surface area contributed by atoms with Crippen LogP contribution in [0.5, 0.6) is 17.2 Å². The molecule has 27 heavy (non-hydrogen) atoms. The average Bonchev–Trinajstić information content (AvgIpc) is 2.61. The van der Waals surface area contributed by atoms with Crippen LogP contribution in [0.1, 0.15) is 16.7 Å². The summed E-state index contributed by atoms with van der Waals surface area (Å²) in [5, 5.41) is 0. The molecular weight excluding hydrogens is 467 g/mol. The van der Waals surface area contributed by atoms with E-state index in [1.807, 2.05) is 57.2 Å². The fourth-order valence-electron chi connectivity index (χ4n) is 2.29. The van der Waals surface area contributed by atoms with E-state index in [1.165, 1.54) is 0 Å². The van der Waals surface area contributed by atoms with Crippen LogP contribution in [0.4, 0.5) is 0 Å². The molecule has 3 aromatic rings. The van der Waals surface area contributed by atoms with Crippen LogP contribution in [0.15, 0.2) is 72.8 Å². The monoisotopic (exact) mass is 489 g/mol. The van der Waals surface area contributed by atoms with Crippen LogP contribution in [-0.2, 0) is 13.9 Å². The van der Waals surface area contributed by atoms with Crippen molar-refractivity contribution in [1.29, 1.82) is 0 Å². The molecule has 3 aromatic carbocycles. The van der Waals surface area contributed by atoms with E-state index in [-0.39, 0.29) is 0 Å². The third-order valence-electron chi connectivity index (χ3n) is 3.74. The third-order valence-corrected chi connectivity index (χ3v) is 9.33. The van der Waals surface area contributed by atoms with Gasteiger partial charge in [0.25, 0.3) is 0 Å². The van der Waals surface area contributed by atoms with Crippen molar-refractivity contribution in [3.05, 3.63) is 89.5 Å². The zero-order chi connectivity index (χ0) is 19.5. The van der Waals surface area contributed by atoms with E-state index in [4.69, 9.17) is 29.0 Å². The van der Waals surface area contributed by atoms with Gasteiger partial charge < -0.3 is 0 Å². The first-order chi connectivity index (χ1) is 12.7.